The molecule has 1 atom stereocenters. The zero-order chi connectivity index (χ0) is 19.3. The van der Waals surface area contributed by atoms with Crippen LogP contribution < -0.4 is 4.74 Å². The summed E-state index contributed by atoms with van der Waals surface area (Å²) in [4.78, 5) is 23.5. The van der Waals surface area contributed by atoms with Crippen LogP contribution in [0.3, 0.4) is 0 Å². The Labute approximate surface area is 164 Å². The van der Waals surface area contributed by atoms with E-state index in [4.69, 9.17) is 9.15 Å². The number of hydrogen-bond donors (Lipinski definition) is 0. The topological polar surface area (TPSA) is 68.5 Å². The molecule has 0 bridgehead atoms. The van der Waals surface area contributed by atoms with Gasteiger partial charge in [0.1, 0.15) is 23.2 Å². The Morgan fingerprint density at radius 2 is 2.04 bits per heavy atom. The van der Waals surface area contributed by atoms with E-state index in [9.17, 15) is 4.79 Å². The molecule has 144 valence electrons. The van der Waals surface area contributed by atoms with E-state index in [1.165, 1.54) is 0 Å². The number of oxazole rings is 1. The SMILES string of the molecule is COc1ccccc1Cc1cnc([C@@H]2CCCCN2C(=O)c2ccccn2)o1. The van der Waals surface area contributed by atoms with Crippen molar-refractivity contribution in [2.24, 2.45) is 0 Å². The molecule has 0 N–H and O–H groups in total. The van der Waals surface area contributed by atoms with Gasteiger partial charge >= 0.3 is 0 Å². The van der Waals surface area contributed by atoms with Crippen LogP contribution in [0.25, 0.3) is 0 Å². The summed E-state index contributed by atoms with van der Waals surface area (Å²) in [5.41, 5.74) is 1.49. The van der Waals surface area contributed by atoms with Gasteiger partial charge in [-0.2, -0.15) is 0 Å². The zero-order valence-electron chi connectivity index (χ0n) is 15.9. The molecule has 1 aliphatic rings. The van der Waals surface area contributed by atoms with E-state index in [0.29, 0.717) is 24.6 Å². The van der Waals surface area contributed by atoms with Gasteiger partial charge in [-0.15, -0.1) is 0 Å². The Balaban J connectivity index is 1.55. The first kappa shape index (κ1) is 18.2. The Kier molecular flexibility index (Phi) is 5.37. The summed E-state index contributed by atoms with van der Waals surface area (Å²) < 4.78 is 11.5. The number of ether oxygens (including phenoxy) is 1. The van der Waals surface area contributed by atoms with Crippen LogP contribution in [0, 0.1) is 0 Å². The summed E-state index contributed by atoms with van der Waals surface area (Å²) in [6.07, 6.45) is 6.85. The summed E-state index contributed by atoms with van der Waals surface area (Å²) in [6, 6.07) is 13.1. The molecule has 1 amide bonds. The van der Waals surface area contributed by atoms with Gasteiger partial charge in [0.15, 0.2) is 0 Å². The Morgan fingerprint density at radius 3 is 2.86 bits per heavy atom. The third-order valence-electron chi connectivity index (χ3n) is 5.06. The fourth-order valence-corrected chi connectivity index (χ4v) is 3.66. The predicted octanol–water partition coefficient (Wildman–Crippen LogP) is 4.04. The molecule has 0 spiro atoms. The van der Waals surface area contributed by atoms with E-state index in [2.05, 4.69) is 9.97 Å². The third-order valence-corrected chi connectivity index (χ3v) is 5.06. The maximum absolute atomic E-state index is 12.9. The number of carbonyl (C=O) groups is 1. The van der Waals surface area contributed by atoms with Crippen LogP contribution in [0.2, 0.25) is 0 Å². The lowest BCUT2D eigenvalue weighted by atomic mass is 10.0. The van der Waals surface area contributed by atoms with Gasteiger partial charge in [0.25, 0.3) is 5.91 Å². The molecule has 2 aromatic heterocycles. The molecule has 0 radical (unpaired) electrons. The number of nitrogens with zero attached hydrogens (tertiary/aromatic N) is 3. The molecule has 3 aromatic rings. The molecule has 3 heterocycles. The van der Waals surface area contributed by atoms with Crippen molar-refractivity contribution in [1.82, 2.24) is 14.9 Å². The average molecular weight is 377 g/mol. The van der Waals surface area contributed by atoms with Crippen molar-refractivity contribution >= 4 is 5.91 Å². The van der Waals surface area contributed by atoms with Crippen molar-refractivity contribution < 1.29 is 13.9 Å². The molecular weight excluding hydrogens is 354 g/mol. The molecule has 0 saturated carbocycles. The van der Waals surface area contributed by atoms with Crippen LogP contribution in [0.1, 0.15) is 53.0 Å². The fraction of sp³-hybridized carbons (Fsp3) is 0.318. The van der Waals surface area contributed by atoms with Crippen LogP contribution >= 0.6 is 0 Å². The number of methoxy groups -OCH3 is 1. The molecule has 1 aromatic carbocycles. The van der Waals surface area contributed by atoms with Crippen LogP contribution in [0.4, 0.5) is 0 Å². The van der Waals surface area contributed by atoms with Crippen molar-refractivity contribution in [2.45, 2.75) is 31.7 Å². The monoisotopic (exact) mass is 377 g/mol. The first-order chi connectivity index (χ1) is 13.8. The van der Waals surface area contributed by atoms with Gasteiger partial charge < -0.3 is 14.1 Å². The summed E-state index contributed by atoms with van der Waals surface area (Å²) in [6.45, 7) is 0.685. The number of para-hydroxylation sites is 1. The van der Waals surface area contributed by atoms with Gasteiger partial charge in [0, 0.05) is 24.7 Å². The summed E-state index contributed by atoms with van der Waals surface area (Å²) in [5, 5.41) is 0. The second-order valence-corrected chi connectivity index (χ2v) is 6.88. The molecule has 0 unspecified atom stereocenters. The highest BCUT2D eigenvalue weighted by Crippen LogP contribution is 2.32. The largest absolute Gasteiger partial charge is 0.496 e. The number of likely N-dealkylation sites (tertiary alicyclic amines) is 1. The molecule has 28 heavy (non-hydrogen) atoms. The normalized spacial score (nSPS) is 16.8. The minimum Gasteiger partial charge on any atom is -0.496 e. The van der Waals surface area contributed by atoms with Gasteiger partial charge in [-0.3, -0.25) is 9.78 Å². The van der Waals surface area contributed by atoms with Gasteiger partial charge in [0.05, 0.1) is 13.3 Å². The van der Waals surface area contributed by atoms with E-state index < -0.39 is 0 Å². The second-order valence-electron chi connectivity index (χ2n) is 6.88. The quantitative estimate of drug-likeness (QED) is 0.671. The van der Waals surface area contributed by atoms with Crippen LogP contribution in [0.5, 0.6) is 5.75 Å². The van der Waals surface area contributed by atoms with E-state index >= 15 is 0 Å². The smallest absolute Gasteiger partial charge is 0.273 e. The number of benzene rings is 1. The zero-order valence-corrected chi connectivity index (χ0v) is 15.9. The van der Waals surface area contributed by atoms with E-state index in [-0.39, 0.29) is 11.9 Å². The second kappa shape index (κ2) is 8.25. The molecule has 1 fully saturated rings. The van der Waals surface area contributed by atoms with Crippen molar-refractivity contribution in [3.8, 4) is 5.75 Å². The van der Waals surface area contributed by atoms with Gasteiger partial charge in [0.2, 0.25) is 5.89 Å². The summed E-state index contributed by atoms with van der Waals surface area (Å²) in [5.74, 6) is 2.10. The van der Waals surface area contributed by atoms with E-state index in [1.54, 1.807) is 25.6 Å². The minimum absolute atomic E-state index is 0.0743. The maximum atomic E-state index is 12.9. The summed E-state index contributed by atoms with van der Waals surface area (Å²) >= 11 is 0. The molecule has 6 nitrogen and oxygen atoms in total. The number of aromatic nitrogens is 2. The van der Waals surface area contributed by atoms with Crippen molar-refractivity contribution in [2.75, 3.05) is 13.7 Å². The lowest BCUT2D eigenvalue weighted by Crippen LogP contribution is -2.39. The highest BCUT2D eigenvalue weighted by molar-refractivity contribution is 5.92. The molecule has 6 heteroatoms. The molecule has 1 saturated heterocycles. The van der Waals surface area contributed by atoms with Gasteiger partial charge in [-0.05, 0) is 37.5 Å². The fourth-order valence-electron chi connectivity index (χ4n) is 3.66. The molecule has 1 aliphatic heterocycles. The maximum Gasteiger partial charge on any atom is 0.273 e. The lowest BCUT2D eigenvalue weighted by Gasteiger charge is -2.33. The molecule has 0 aliphatic carbocycles. The first-order valence-corrected chi connectivity index (χ1v) is 9.55. The van der Waals surface area contributed by atoms with Crippen molar-refractivity contribution in [3.05, 3.63) is 77.8 Å². The lowest BCUT2D eigenvalue weighted by molar-refractivity contribution is 0.0564. The third kappa shape index (κ3) is 3.76. The van der Waals surface area contributed by atoms with Crippen molar-refractivity contribution in [1.29, 1.82) is 0 Å². The molecular formula is C22H23N3O3. The van der Waals surface area contributed by atoms with E-state index in [1.807, 2.05) is 41.3 Å². The Bertz CT molecular complexity index is 939. The van der Waals surface area contributed by atoms with Crippen molar-refractivity contribution in [3.63, 3.8) is 0 Å². The summed E-state index contributed by atoms with van der Waals surface area (Å²) in [7, 11) is 1.66. The average Bonchev–Trinajstić information content (AvgIpc) is 3.22. The highest BCUT2D eigenvalue weighted by Gasteiger charge is 2.32. The van der Waals surface area contributed by atoms with E-state index in [0.717, 1.165) is 36.3 Å². The Hall–Kier alpha value is -3.15. The number of rotatable bonds is 5. The Morgan fingerprint density at radius 1 is 1.18 bits per heavy atom. The highest BCUT2D eigenvalue weighted by atomic mass is 16.5. The number of carbonyl (C=O) groups excluding carboxylic acids is 1. The number of piperidine rings is 1. The minimum atomic E-state index is -0.158. The number of amides is 1. The predicted molar refractivity (Wildman–Crippen MR) is 104 cm³/mol. The van der Waals surface area contributed by atoms with Gasteiger partial charge in [-0.1, -0.05) is 24.3 Å². The van der Waals surface area contributed by atoms with Gasteiger partial charge in [-0.25, -0.2) is 4.98 Å². The van der Waals surface area contributed by atoms with Crippen LogP contribution in [0.15, 0.2) is 59.3 Å². The number of pyridine rings is 1. The standard InChI is InChI=1S/C22H23N3O3/c1-27-20-11-3-2-8-16(20)14-17-15-24-21(28-17)19-10-5-7-13-25(19)22(26)18-9-4-6-12-23-18/h2-4,6,8-9,11-12,15,19H,5,7,10,13-14H2,1H3/t19-/m0/s1. The van der Waals surface area contributed by atoms with Crippen LogP contribution in [-0.2, 0) is 6.42 Å². The number of hydrogen-bond acceptors (Lipinski definition) is 5. The van der Waals surface area contributed by atoms with Crippen LogP contribution in [-0.4, -0.2) is 34.4 Å². The molecule has 4 rings (SSSR count). The first-order valence-electron chi connectivity index (χ1n) is 9.55.